The van der Waals surface area contributed by atoms with Crippen LogP contribution in [0.5, 0.6) is 0 Å². The van der Waals surface area contributed by atoms with Crippen LogP contribution in [0.4, 0.5) is 4.79 Å². The van der Waals surface area contributed by atoms with Gasteiger partial charge in [-0.2, -0.15) is 0 Å². The lowest BCUT2D eigenvalue weighted by Crippen LogP contribution is -2.38. The van der Waals surface area contributed by atoms with Gasteiger partial charge in [0.2, 0.25) is 0 Å². The molecule has 1 fully saturated rings. The summed E-state index contributed by atoms with van der Waals surface area (Å²) in [5, 5.41) is 12.3. The number of hydrogen-bond donors (Lipinski definition) is 3. The van der Waals surface area contributed by atoms with Crippen LogP contribution in [0, 0.1) is 5.92 Å². The molecule has 2 unspecified atom stereocenters. The van der Waals surface area contributed by atoms with Crippen LogP contribution in [-0.4, -0.2) is 43.5 Å². The Bertz CT molecular complexity index is 888. The van der Waals surface area contributed by atoms with Gasteiger partial charge in [-0.25, -0.2) is 13.2 Å². The molecule has 0 saturated carbocycles. The predicted octanol–water partition coefficient (Wildman–Crippen LogP) is 1.67. The summed E-state index contributed by atoms with van der Waals surface area (Å²) in [5.41, 5.74) is 1.67. The molecule has 1 heterocycles. The van der Waals surface area contributed by atoms with Crippen molar-refractivity contribution in [3.05, 3.63) is 65.7 Å². The maximum Gasteiger partial charge on any atom is 0.317 e. The largest absolute Gasteiger partial charge is 0.481 e. The highest BCUT2D eigenvalue weighted by Crippen LogP contribution is 2.32. The van der Waals surface area contributed by atoms with Crippen LogP contribution in [0.25, 0.3) is 0 Å². The Kier molecular flexibility index (Phi) is 5.75. The Labute approximate surface area is 158 Å². The monoisotopic (exact) mass is 388 g/mol. The second-order valence-corrected chi connectivity index (χ2v) is 7.48. The van der Waals surface area contributed by atoms with Crippen LogP contribution in [0.15, 0.2) is 59.5 Å². The van der Waals surface area contributed by atoms with E-state index in [9.17, 15) is 23.1 Å². The molecule has 2 aromatic rings. The number of likely N-dealkylation sites (tertiary alicyclic amines) is 1. The first kappa shape index (κ1) is 18.9. The number of benzene rings is 2. The lowest BCUT2D eigenvalue weighted by Gasteiger charge is -2.17. The zero-order chi connectivity index (χ0) is 19.4. The fourth-order valence-electron chi connectivity index (χ4n) is 3.28. The molecule has 1 aliphatic heterocycles. The average Bonchev–Trinajstić information content (AvgIpc) is 3.13. The van der Waals surface area contributed by atoms with Crippen molar-refractivity contribution in [3.8, 4) is 0 Å². The summed E-state index contributed by atoms with van der Waals surface area (Å²) in [7, 11) is -2.63. The van der Waals surface area contributed by atoms with Crippen molar-refractivity contribution >= 4 is 22.7 Å². The lowest BCUT2D eigenvalue weighted by atomic mass is 9.89. The van der Waals surface area contributed by atoms with Gasteiger partial charge in [-0.1, -0.05) is 42.5 Å². The maximum atomic E-state index is 12.5. The molecule has 1 saturated heterocycles. The third-order valence-corrected chi connectivity index (χ3v) is 5.46. The standard InChI is InChI=1S/C19H20N2O5S/c22-18(23)17-12-21(11-16(17)14-4-2-1-3-5-14)19(24)20-10-13-6-8-15(9-7-13)27(25)26/h1-9,16-17,27H,10-12H2,(H,20,24)(H,22,23). The smallest absolute Gasteiger partial charge is 0.317 e. The van der Waals surface area contributed by atoms with Gasteiger partial charge in [0.15, 0.2) is 10.7 Å². The van der Waals surface area contributed by atoms with Crippen LogP contribution in [0.3, 0.4) is 0 Å². The van der Waals surface area contributed by atoms with Crippen LogP contribution >= 0.6 is 0 Å². The van der Waals surface area contributed by atoms with Crippen molar-refractivity contribution < 1.29 is 23.1 Å². The number of hydrogen-bond acceptors (Lipinski definition) is 4. The van der Waals surface area contributed by atoms with Crippen molar-refractivity contribution in [2.45, 2.75) is 17.4 Å². The summed E-state index contributed by atoms with van der Waals surface area (Å²) in [4.78, 5) is 25.8. The molecular weight excluding hydrogens is 368 g/mol. The minimum atomic E-state index is -2.63. The Morgan fingerprint density at radius 2 is 1.70 bits per heavy atom. The number of carboxylic acid groups (broad SMARTS) is 1. The minimum absolute atomic E-state index is 0.149. The molecule has 0 aromatic heterocycles. The molecule has 0 aliphatic carbocycles. The fourth-order valence-corrected chi connectivity index (χ4v) is 3.68. The van der Waals surface area contributed by atoms with E-state index in [4.69, 9.17) is 0 Å². The number of rotatable bonds is 5. The molecule has 27 heavy (non-hydrogen) atoms. The van der Waals surface area contributed by atoms with Gasteiger partial charge in [0.1, 0.15) is 0 Å². The number of aliphatic carboxylic acids is 1. The number of carboxylic acids is 1. The molecule has 2 aromatic carbocycles. The van der Waals surface area contributed by atoms with Crippen LogP contribution in [0.1, 0.15) is 17.0 Å². The zero-order valence-electron chi connectivity index (χ0n) is 14.4. The fraction of sp³-hybridized carbons (Fsp3) is 0.263. The highest BCUT2D eigenvalue weighted by atomic mass is 32.2. The van der Waals surface area contributed by atoms with E-state index in [1.807, 2.05) is 30.3 Å². The molecule has 2 N–H and O–H groups in total. The third kappa shape index (κ3) is 4.46. The van der Waals surface area contributed by atoms with Gasteiger partial charge < -0.3 is 15.3 Å². The Hall–Kier alpha value is -2.87. The molecule has 2 amide bonds. The topological polar surface area (TPSA) is 104 Å². The van der Waals surface area contributed by atoms with E-state index in [0.717, 1.165) is 11.1 Å². The van der Waals surface area contributed by atoms with Crippen molar-refractivity contribution in [2.75, 3.05) is 13.1 Å². The molecule has 8 heteroatoms. The second-order valence-electron chi connectivity index (χ2n) is 6.45. The first-order valence-corrected chi connectivity index (χ1v) is 9.67. The predicted molar refractivity (Wildman–Crippen MR) is 99.1 cm³/mol. The summed E-state index contributed by atoms with van der Waals surface area (Å²) < 4.78 is 21.8. The van der Waals surface area contributed by atoms with Gasteiger partial charge in [0, 0.05) is 25.6 Å². The first-order chi connectivity index (χ1) is 13.0. The molecule has 1 aliphatic rings. The van der Waals surface area contributed by atoms with Crippen molar-refractivity contribution in [1.82, 2.24) is 10.2 Å². The summed E-state index contributed by atoms with van der Waals surface area (Å²) in [5.74, 6) is -1.81. The van der Waals surface area contributed by atoms with E-state index in [1.54, 1.807) is 12.1 Å². The number of carbonyl (C=O) groups excluding carboxylic acids is 1. The number of nitrogens with one attached hydrogen (secondary N) is 1. The first-order valence-electron chi connectivity index (χ1n) is 8.49. The molecule has 2 atom stereocenters. The van der Waals surface area contributed by atoms with Gasteiger partial charge in [0.25, 0.3) is 0 Å². The van der Waals surface area contributed by atoms with E-state index in [1.165, 1.54) is 17.0 Å². The Morgan fingerprint density at radius 3 is 2.30 bits per heavy atom. The minimum Gasteiger partial charge on any atom is -0.481 e. The number of nitrogens with zero attached hydrogens (tertiary/aromatic N) is 1. The molecule has 0 bridgehead atoms. The van der Waals surface area contributed by atoms with Gasteiger partial charge in [0.05, 0.1) is 10.8 Å². The lowest BCUT2D eigenvalue weighted by molar-refractivity contribution is -0.141. The summed E-state index contributed by atoms with van der Waals surface area (Å²) in [6.45, 7) is 0.720. The zero-order valence-corrected chi connectivity index (χ0v) is 15.3. The van der Waals surface area contributed by atoms with Crippen molar-refractivity contribution in [2.24, 2.45) is 5.92 Å². The number of amides is 2. The van der Waals surface area contributed by atoms with E-state index in [-0.39, 0.29) is 29.9 Å². The van der Waals surface area contributed by atoms with Crippen LogP contribution < -0.4 is 5.32 Å². The molecule has 142 valence electrons. The summed E-state index contributed by atoms with van der Waals surface area (Å²) in [6, 6.07) is 15.2. The van der Waals surface area contributed by atoms with Crippen LogP contribution in [-0.2, 0) is 22.0 Å². The molecule has 7 nitrogen and oxygen atoms in total. The van der Waals surface area contributed by atoms with Crippen LogP contribution in [0.2, 0.25) is 0 Å². The number of thiol groups is 1. The third-order valence-electron chi connectivity index (χ3n) is 4.74. The Balaban J connectivity index is 1.64. The molecule has 0 spiro atoms. The molecule has 3 rings (SSSR count). The molecule has 0 radical (unpaired) electrons. The van der Waals surface area contributed by atoms with Gasteiger partial charge in [-0.3, -0.25) is 4.79 Å². The van der Waals surface area contributed by atoms with Crippen molar-refractivity contribution in [3.63, 3.8) is 0 Å². The van der Waals surface area contributed by atoms with E-state index >= 15 is 0 Å². The SMILES string of the molecule is O=C(O)C1CN(C(=O)NCc2ccc([SH](=O)=O)cc2)CC1c1ccccc1. The second kappa shape index (κ2) is 8.22. The summed E-state index contributed by atoms with van der Waals surface area (Å²) >= 11 is 0. The van der Waals surface area contributed by atoms with E-state index < -0.39 is 22.6 Å². The van der Waals surface area contributed by atoms with Crippen molar-refractivity contribution in [1.29, 1.82) is 0 Å². The quantitative estimate of drug-likeness (QED) is 0.676. The maximum absolute atomic E-state index is 12.5. The van der Waals surface area contributed by atoms with Gasteiger partial charge in [-0.15, -0.1) is 0 Å². The summed E-state index contributed by atoms with van der Waals surface area (Å²) in [6.07, 6.45) is 0. The highest BCUT2D eigenvalue weighted by Gasteiger charge is 2.40. The van der Waals surface area contributed by atoms with E-state index in [2.05, 4.69) is 5.32 Å². The number of urea groups is 1. The normalized spacial score (nSPS) is 19.2. The van der Waals surface area contributed by atoms with Gasteiger partial charge in [-0.05, 0) is 23.3 Å². The Morgan fingerprint density at radius 1 is 1.04 bits per heavy atom. The molecular formula is C19H20N2O5S. The number of carbonyl (C=O) groups is 2. The average molecular weight is 388 g/mol. The van der Waals surface area contributed by atoms with Gasteiger partial charge >= 0.3 is 12.0 Å². The van der Waals surface area contributed by atoms with E-state index in [0.29, 0.717) is 6.54 Å². The highest BCUT2D eigenvalue weighted by molar-refractivity contribution is 7.72.